The van der Waals surface area contributed by atoms with Crippen LogP contribution in [0.1, 0.15) is 55.4 Å². The summed E-state index contributed by atoms with van der Waals surface area (Å²) in [5.41, 5.74) is 3.45. The minimum atomic E-state index is -0.503. The first-order valence-electron chi connectivity index (χ1n) is 7.43. The first kappa shape index (κ1) is 14.5. The first-order chi connectivity index (χ1) is 9.06. The summed E-state index contributed by atoms with van der Waals surface area (Å²) in [6.07, 6.45) is 4.69. The van der Waals surface area contributed by atoms with Crippen molar-refractivity contribution in [2.45, 2.75) is 58.7 Å². The molecule has 2 heteroatoms. The lowest BCUT2D eigenvalue weighted by molar-refractivity contribution is -0.0322. The second-order valence-corrected chi connectivity index (χ2v) is 6.09. The van der Waals surface area contributed by atoms with E-state index in [4.69, 9.17) is 4.74 Å². The second-order valence-electron chi connectivity index (χ2n) is 6.09. The number of hydrogen-bond acceptors (Lipinski definition) is 2. The van der Waals surface area contributed by atoms with Gasteiger partial charge in [-0.25, -0.2) is 0 Å². The molecule has 19 heavy (non-hydrogen) atoms. The van der Waals surface area contributed by atoms with E-state index < -0.39 is 6.10 Å². The maximum absolute atomic E-state index is 10.2. The first-order valence-corrected chi connectivity index (χ1v) is 7.43. The summed E-state index contributed by atoms with van der Waals surface area (Å²) >= 11 is 0. The molecule has 1 aliphatic rings. The molecule has 0 bridgehead atoms. The molecule has 1 aromatic rings. The molecule has 106 valence electrons. The minimum absolute atomic E-state index is 0.338. The number of aryl methyl sites for hydroxylation is 2. The molecule has 0 spiro atoms. The van der Waals surface area contributed by atoms with E-state index in [9.17, 15) is 5.11 Å². The van der Waals surface area contributed by atoms with Crippen molar-refractivity contribution in [3.05, 3.63) is 34.9 Å². The van der Waals surface area contributed by atoms with Gasteiger partial charge in [-0.1, -0.05) is 38.0 Å². The third-order valence-electron chi connectivity index (χ3n) is 4.29. The third kappa shape index (κ3) is 4.05. The van der Waals surface area contributed by atoms with Gasteiger partial charge in [0, 0.05) is 0 Å². The molecular formula is C17H26O2. The van der Waals surface area contributed by atoms with Gasteiger partial charge in [-0.15, -0.1) is 0 Å². The monoisotopic (exact) mass is 262 g/mol. The van der Waals surface area contributed by atoms with Crippen molar-refractivity contribution in [3.8, 4) is 0 Å². The topological polar surface area (TPSA) is 29.5 Å². The third-order valence-corrected chi connectivity index (χ3v) is 4.29. The Kier molecular flexibility index (Phi) is 5.00. The van der Waals surface area contributed by atoms with E-state index in [1.807, 2.05) is 6.07 Å². The van der Waals surface area contributed by atoms with Gasteiger partial charge in [0.25, 0.3) is 0 Å². The average Bonchev–Trinajstić information content (AvgIpc) is 2.39. The minimum Gasteiger partial charge on any atom is -0.386 e. The number of hydrogen-bond donors (Lipinski definition) is 1. The highest BCUT2D eigenvalue weighted by atomic mass is 16.5. The van der Waals surface area contributed by atoms with E-state index in [1.54, 1.807) is 0 Å². The molecule has 0 saturated heterocycles. The summed E-state index contributed by atoms with van der Waals surface area (Å²) in [5, 5.41) is 10.2. The highest BCUT2D eigenvalue weighted by molar-refractivity contribution is 5.31. The van der Waals surface area contributed by atoms with Crippen molar-refractivity contribution in [2.75, 3.05) is 6.61 Å². The van der Waals surface area contributed by atoms with Crippen LogP contribution in [0, 0.1) is 19.8 Å². The Morgan fingerprint density at radius 3 is 2.74 bits per heavy atom. The molecule has 0 aromatic heterocycles. The fourth-order valence-corrected chi connectivity index (χ4v) is 2.83. The lowest BCUT2D eigenvalue weighted by atomic mass is 9.89. The van der Waals surface area contributed by atoms with Crippen molar-refractivity contribution in [2.24, 2.45) is 5.92 Å². The van der Waals surface area contributed by atoms with Gasteiger partial charge in [0.15, 0.2) is 0 Å². The van der Waals surface area contributed by atoms with Crippen molar-refractivity contribution in [3.63, 3.8) is 0 Å². The predicted octanol–water partition coefficient (Wildman–Crippen LogP) is 3.93. The second kappa shape index (κ2) is 6.53. The smallest absolute Gasteiger partial charge is 0.102 e. The molecule has 1 fully saturated rings. The van der Waals surface area contributed by atoms with Crippen molar-refractivity contribution in [1.82, 2.24) is 0 Å². The van der Waals surface area contributed by atoms with Crippen molar-refractivity contribution >= 4 is 0 Å². The molecule has 3 unspecified atom stereocenters. The summed E-state index contributed by atoms with van der Waals surface area (Å²) in [6, 6.07) is 6.13. The SMILES string of the molecule is Cc1ccc(C(O)COC2CCCC(C)C2)cc1C. The Labute approximate surface area is 116 Å². The van der Waals surface area contributed by atoms with Gasteiger partial charge < -0.3 is 9.84 Å². The Morgan fingerprint density at radius 1 is 1.26 bits per heavy atom. The lowest BCUT2D eigenvalue weighted by Gasteiger charge is -2.27. The highest BCUT2D eigenvalue weighted by Gasteiger charge is 2.20. The van der Waals surface area contributed by atoms with E-state index in [1.165, 1.54) is 24.0 Å². The van der Waals surface area contributed by atoms with Crippen LogP contribution in [0.5, 0.6) is 0 Å². The van der Waals surface area contributed by atoms with Crippen molar-refractivity contribution < 1.29 is 9.84 Å². The standard InChI is InChI=1S/C17H26O2/c1-12-5-4-6-16(9-12)19-11-17(18)15-8-7-13(2)14(3)10-15/h7-8,10,12,16-18H,4-6,9,11H2,1-3H3. The van der Waals surface area contributed by atoms with Gasteiger partial charge in [0.1, 0.15) is 6.10 Å². The summed E-state index contributed by atoms with van der Waals surface area (Å²) in [6.45, 7) is 6.87. The number of ether oxygens (including phenoxy) is 1. The van der Waals surface area contributed by atoms with Crippen molar-refractivity contribution in [1.29, 1.82) is 0 Å². The molecule has 1 saturated carbocycles. The zero-order valence-electron chi connectivity index (χ0n) is 12.4. The summed E-state index contributed by atoms with van der Waals surface area (Å²) < 4.78 is 5.89. The normalized spacial score (nSPS) is 25.3. The number of aliphatic hydroxyl groups excluding tert-OH is 1. The molecule has 2 rings (SSSR count). The molecule has 0 amide bonds. The van der Waals surface area contributed by atoms with Crippen LogP contribution in [0.3, 0.4) is 0 Å². The fourth-order valence-electron chi connectivity index (χ4n) is 2.83. The molecular weight excluding hydrogens is 236 g/mol. The van der Waals surface area contributed by atoms with Crippen LogP contribution < -0.4 is 0 Å². The van der Waals surface area contributed by atoms with Gasteiger partial charge >= 0.3 is 0 Å². The number of aliphatic hydroxyl groups is 1. The molecule has 2 nitrogen and oxygen atoms in total. The largest absolute Gasteiger partial charge is 0.386 e. The molecule has 1 aliphatic carbocycles. The maximum atomic E-state index is 10.2. The molecule has 0 radical (unpaired) electrons. The number of benzene rings is 1. The van der Waals surface area contributed by atoms with Crippen LogP contribution in [0.2, 0.25) is 0 Å². The number of rotatable bonds is 4. The van der Waals surface area contributed by atoms with Crippen LogP contribution in [0.15, 0.2) is 18.2 Å². The molecule has 0 aliphatic heterocycles. The Morgan fingerprint density at radius 2 is 2.05 bits per heavy atom. The van der Waals surface area contributed by atoms with Gasteiger partial charge in [-0.3, -0.25) is 0 Å². The quantitative estimate of drug-likeness (QED) is 0.890. The average molecular weight is 262 g/mol. The van der Waals surface area contributed by atoms with Crippen LogP contribution in [-0.2, 0) is 4.74 Å². The zero-order valence-corrected chi connectivity index (χ0v) is 12.4. The molecule has 1 aromatic carbocycles. The summed E-state index contributed by atoms with van der Waals surface area (Å²) in [7, 11) is 0. The van der Waals surface area contributed by atoms with Gasteiger partial charge in [-0.05, 0) is 49.3 Å². The summed E-state index contributed by atoms with van der Waals surface area (Å²) in [5.74, 6) is 0.762. The molecule has 1 N–H and O–H groups in total. The van der Waals surface area contributed by atoms with Gasteiger partial charge in [-0.2, -0.15) is 0 Å². The predicted molar refractivity (Wildman–Crippen MR) is 78.2 cm³/mol. The zero-order chi connectivity index (χ0) is 13.8. The Hall–Kier alpha value is -0.860. The fraction of sp³-hybridized carbons (Fsp3) is 0.647. The Bertz CT molecular complexity index is 414. The Balaban J connectivity index is 1.86. The van der Waals surface area contributed by atoms with E-state index >= 15 is 0 Å². The van der Waals surface area contributed by atoms with E-state index in [2.05, 4.69) is 32.9 Å². The highest BCUT2D eigenvalue weighted by Crippen LogP contribution is 2.27. The van der Waals surface area contributed by atoms with Crippen LogP contribution in [-0.4, -0.2) is 17.8 Å². The van der Waals surface area contributed by atoms with Crippen LogP contribution in [0.4, 0.5) is 0 Å². The molecule has 0 heterocycles. The van der Waals surface area contributed by atoms with Crippen LogP contribution >= 0.6 is 0 Å². The van der Waals surface area contributed by atoms with E-state index in [0.29, 0.717) is 12.7 Å². The van der Waals surface area contributed by atoms with Gasteiger partial charge in [0.05, 0.1) is 12.7 Å². The van der Waals surface area contributed by atoms with E-state index in [0.717, 1.165) is 24.3 Å². The summed E-state index contributed by atoms with van der Waals surface area (Å²) in [4.78, 5) is 0. The van der Waals surface area contributed by atoms with Gasteiger partial charge in [0.2, 0.25) is 0 Å². The van der Waals surface area contributed by atoms with E-state index in [-0.39, 0.29) is 0 Å². The molecule has 3 atom stereocenters. The van der Waals surface area contributed by atoms with Crippen LogP contribution in [0.25, 0.3) is 0 Å². The maximum Gasteiger partial charge on any atom is 0.102 e. The lowest BCUT2D eigenvalue weighted by Crippen LogP contribution is -2.23.